The highest BCUT2D eigenvalue weighted by molar-refractivity contribution is 5.71. The first-order valence-electron chi connectivity index (χ1n) is 9.91. The van der Waals surface area contributed by atoms with Gasteiger partial charge in [-0.05, 0) is 24.3 Å². The SMILES string of the molecule is Cc1cccc[n+]1[C@@H]1[C@@H](c2ccccc2)C(C#N)=C(C(=C=N)C#N)N[C@]1(O)C1CC1. The summed E-state index contributed by atoms with van der Waals surface area (Å²) in [5, 5.41) is 42.4. The van der Waals surface area contributed by atoms with E-state index in [2.05, 4.69) is 17.3 Å². The predicted molar refractivity (Wildman–Crippen MR) is 110 cm³/mol. The van der Waals surface area contributed by atoms with Crippen molar-refractivity contribution in [3.05, 3.63) is 82.8 Å². The van der Waals surface area contributed by atoms with Crippen molar-refractivity contribution in [1.29, 1.82) is 15.9 Å². The summed E-state index contributed by atoms with van der Waals surface area (Å²) >= 11 is 0. The number of hydrogen-bond donors (Lipinski definition) is 3. The van der Waals surface area contributed by atoms with Gasteiger partial charge in [-0.15, -0.1) is 0 Å². The van der Waals surface area contributed by atoms with Gasteiger partial charge in [0.05, 0.1) is 23.3 Å². The van der Waals surface area contributed by atoms with Crippen molar-refractivity contribution in [3.63, 3.8) is 0 Å². The zero-order valence-electron chi connectivity index (χ0n) is 16.6. The first-order valence-corrected chi connectivity index (χ1v) is 9.91. The maximum atomic E-state index is 12.0. The normalized spacial score (nSPS) is 25.5. The third-order valence-corrected chi connectivity index (χ3v) is 6.04. The maximum Gasteiger partial charge on any atom is 0.217 e. The highest BCUT2D eigenvalue weighted by Gasteiger charge is 2.61. The van der Waals surface area contributed by atoms with E-state index in [0.717, 1.165) is 24.1 Å². The van der Waals surface area contributed by atoms with Crippen LogP contribution < -0.4 is 9.88 Å². The summed E-state index contributed by atoms with van der Waals surface area (Å²) in [5.41, 5.74) is 0.877. The number of nitrogens with one attached hydrogen (secondary N) is 2. The summed E-state index contributed by atoms with van der Waals surface area (Å²) in [4.78, 5) is 0. The minimum Gasteiger partial charge on any atom is -0.365 e. The number of aromatic nitrogens is 1. The highest BCUT2D eigenvalue weighted by atomic mass is 16.3. The summed E-state index contributed by atoms with van der Waals surface area (Å²) in [6.07, 6.45) is 3.61. The molecule has 1 aromatic heterocycles. The molecule has 0 saturated heterocycles. The second kappa shape index (κ2) is 7.61. The Kier molecular flexibility index (Phi) is 4.98. The van der Waals surface area contributed by atoms with Gasteiger partial charge in [0.15, 0.2) is 11.9 Å². The largest absolute Gasteiger partial charge is 0.365 e. The molecule has 6 nitrogen and oxygen atoms in total. The number of nitriles is 2. The van der Waals surface area contributed by atoms with E-state index in [0.29, 0.717) is 5.57 Å². The zero-order chi connectivity index (χ0) is 21.3. The van der Waals surface area contributed by atoms with Crippen LogP contribution in [0.2, 0.25) is 0 Å². The van der Waals surface area contributed by atoms with Crippen LogP contribution in [0.5, 0.6) is 0 Å². The molecule has 1 aliphatic heterocycles. The van der Waals surface area contributed by atoms with E-state index in [-0.39, 0.29) is 17.2 Å². The van der Waals surface area contributed by atoms with Gasteiger partial charge in [-0.1, -0.05) is 36.4 Å². The molecule has 3 atom stereocenters. The van der Waals surface area contributed by atoms with Crippen molar-refractivity contribution in [3.8, 4) is 12.1 Å². The minimum atomic E-state index is -1.38. The fourth-order valence-corrected chi connectivity index (χ4v) is 4.48. The van der Waals surface area contributed by atoms with Gasteiger partial charge in [0, 0.05) is 25.0 Å². The van der Waals surface area contributed by atoms with Gasteiger partial charge >= 0.3 is 0 Å². The number of hydrogen-bond acceptors (Lipinski definition) is 5. The van der Waals surface area contributed by atoms with Crippen LogP contribution in [-0.2, 0) is 0 Å². The lowest BCUT2D eigenvalue weighted by Gasteiger charge is -2.43. The average Bonchev–Trinajstić information content (AvgIpc) is 3.62. The number of benzene rings is 1. The van der Waals surface area contributed by atoms with Crippen molar-refractivity contribution >= 4 is 5.87 Å². The molecule has 4 rings (SSSR count). The van der Waals surface area contributed by atoms with Crippen LogP contribution in [0.25, 0.3) is 0 Å². The molecule has 148 valence electrons. The molecular formula is C24H22N5O+. The van der Waals surface area contributed by atoms with Crippen molar-refractivity contribution < 1.29 is 9.67 Å². The molecule has 3 N–H and O–H groups in total. The lowest BCUT2D eigenvalue weighted by molar-refractivity contribution is -0.747. The van der Waals surface area contributed by atoms with Crippen molar-refractivity contribution in [1.82, 2.24) is 5.32 Å². The van der Waals surface area contributed by atoms with Crippen LogP contribution >= 0.6 is 0 Å². The molecule has 30 heavy (non-hydrogen) atoms. The minimum absolute atomic E-state index is 0.0262. The molecule has 0 radical (unpaired) electrons. The monoisotopic (exact) mass is 396 g/mol. The van der Waals surface area contributed by atoms with E-state index in [4.69, 9.17) is 5.41 Å². The summed E-state index contributed by atoms with van der Waals surface area (Å²) < 4.78 is 2.01. The average molecular weight is 396 g/mol. The van der Waals surface area contributed by atoms with E-state index in [1.807, 2.05) is 72.3 Å². The highest BCUT2D eigenvalue weighted by Crippen LogP contribution is 2.52. The summed E-state index contributed by atoms with van der Waals surface area (Å²) in [6.45, 7) is 1.97. The zero-order valence-corrected chi connectivity index (χ0v) is 16.6. The van der Waals surface area contributed by atoms with Crippen LogP contribution in [0, 0.1) is 40.9 Å². The van der Waals surface area contributed by atoms with Crippen molar-refractivity contribution in [2.45, 2.75) is 37.5 Å². The predicted octanol–water partition coefficient (Wildman–Crippen LogP) is 2.79. The van der Waals surface area contributed by atoms with Gasteiger partial charge in [0.1, 0.15) is 11.6 Å². The van der Waals surface area contributed by atoms with Crippen LogP contribution in [0.4, 0.5) is 0 Å². The Morgan fingerprint density at radius 2 is 1.87 bits per heavy atom. The molecule has 2 heterocycles. The Bertz CT molecular complexity index is 1150. The number of allylic oxidation sites excluding steroid dienone is 2. The molecule has 2 aromatic rings. The summed E-state index contributed by atoms with van der Waals surface area (Å²) in [6, 6.07) is 19.1. The van der Waals surface area contributed by atoms with Gasteiger partial charge in [-0.2, -0.15) is 15.1 Å². The van der Waals surface area contributed by atoms with E-state index in [9.17, 15) is 15.6 Å². The fraction of sp³-hybridized carbons (Fsp3) is 0.292. The number of aryl methyl sites for hydroxylation is 1. The van der Waals surface area contributed by atoms with Crippen molar-refractivity contribution in [2.24, 2.45) is 5.92 Å². The summed E-state index contributed by atoms with van der Waals surface area (Å²) in [7, 11) is 0. The Morgan fingerprint density at radius 1 is 1.17 bits per heavy atom. The fourth-order valence-electron chi connectivity index (χ4n) is 4.48. The molecule has 0 unspecified atom stereocenters. The third kappa shape index (κ3) is 3.09. The lowest BCUT2D eigenvalue weighted by atomic mass is 9.73. The molecule has 1 aliphatic carbocycles. The second-order valence-corrected chi connectivity index (χ2v) is 7.82. The van der Waals surface area contributed by atoms with E-state index >= 15 is 0 Å². The number of aliphatic hydroxyl groups is 1. The lowest BCUT2D eigenvalue weighted by Crippen LogP contribution is -2.66. The van der Waals surface area contributed by atoms with Gasteiger partial charge in [-0.25, -0.2) is 0 Å². The molecule has 0 spiro atoms. The molecule has 0 bridgehead atoms. The van der Waals surface area contributed by atoms with Crippen molar-refractivity contribution in [2.75, 3.05) is 0 Å². The molecule has 1 saturated carbocycles. The number of rotatable bonds is 4. The molecular weight excluding hydrogens is 374 g/mol. The number of nitrogens with zero attached hydrogens (tertiary/aromatic N) is 3. The van der Waals surface area contributed by atoms with Crippen LogP contribution in [0.1, 0.15) is 36.1 Å². The third-order valence-electron chi connectivity index (χ3n) is 6.04. The smallest absolute Gasteiger partial charge is 0.217 e. The first kappa shape index (κ1) is 19.6. The van der Waals surface area contributed by atoms with E-state index in [1.165, 1.54) is 0 Å². The Hall–Kier alpha value is -3.70. The van der Waals surface area contributed by atoms with Gasteiger partial charge < -0.3 is 10.4 Å². The standard InChI is InChI=1S/C24H22N5O/c1-16-7-5-6-12-29(16)23-21(17-8-3-2-4-9-17)20(15-27)22(18(13-25)14-26)28-24(23,30)19-10-11-19/h2-9,12,19,21,23,25,28,30H,10-11H2,1H3/q+1/t21-,23+,24-/m0/s1. The summed E-state index contributed by atoms with van der Waals surface area (Å²) in [5.74, 6) is 1.61. The molecule has 1 fully saturated rings. The maximum absolute atomic E-state index is 12.0. The quantitative estimate of drug-likeness (QED) is 0.419. The molecule has 6 heteroatoms. The van der Waals surface area contributed by atoms with Crippen LogP contribution in [0.15, 0.2) is 71.6 Å². The van der Waals surface area contributed by atoms with E-state index < -0.39 is 17.7 Å². The number of pyridine rings is 1. The van der Waals surface area contributed by atoms with Gasteiger partial charge in [-0.3, -0.25) is 5.41 Å². The van der Waals surface area contributed by atoms with Gasteiger partial charge in [0.25, 0.3) is 0 Å². The molecule has 1 aromatic carbocycles. The topological polar surface area (TPSA) is 108 Å². The second-order valence-electron chi connectivity index (χ2n) is 7.82. The molecule has 2 aliphatic rings. The van der Waals surface area contributed by atoms with Crippen LogP contribution in [-0.4, -0.2) is 16.7 Å². The first-order chi connectivity index (χ1) is 14.5. The Morgan fingerprint density at radius 3 is 2.43 bits per heavy atom. The van der Waals surface area contributed by atoms with E-state index in [1.54, 1.807) is 0 Å². The Balaban J connectivity index is 2.06. The van der Waals surface area contributed by atoms with Crippen LogP contribution in [0.3, 0.4) is 0 Å². The Labute approximate surface area is 175 Å². The van der Waals surface area contributed by atoms with Gasteiger partial charge in [0.2, 0.25) is 11.8 Å². The molecule has 0 amide bonds.